The van der Waals surface area contributed by atoms with Crippen LogP contribution < -0.4 is 11.1 Å². The van der Waals surface area contributed by atoms with Crippen molar-refractivity contribution in [3.63, 3.8) is 0 Å². The Labute approximate surface area is 70.5 Å². The largest absolute Gasteiger partial charge is 0.349 e. The molecule has 1 amide bonds. The van der Waals surface area contributed by atoms with E-state index in [2.05, 4.69) is 10.4 Å². The van der Waals surface area contributed by atoms with Crippen LogP contribution in [0.3, 0.4) is 0 Å². The minimum atomic E-state index is -0.180. The SMILES string of the molecule is Cn1ccc(C(=O)NCCN)n1. The summed E-state index contributed by atoms with van der Waals surface area (Å²) in [4.78, 5) is 11.2. The molecule has 5 heteroatoms. The highest BCUT2D eigenvalue weighted by Gasteiger charge is 2.06. The van der Waals surface area contributed by atoms with Gasteiger partial charge in [0.2, 0.25) is 0 Å². The van der Waals surface area contributed by atoms with Gasteiger partial charge in [-0.15, -0.1) is 0 Å². The molecule has 0 unspecified atom stereocenters. The van der Waals surface area contributed by atoms with E-state index in [0.717, 1.165) is 0 Å². The van der Waals surface area contributed by atoms with Gasteiger partial charge < -0.3 is 11.1 Å². The monoisotopic (exact) mass is 168 g/mol. The topological polar surface area (TPSA) is 72.9 Å². The van der Waals surface area contributed by atoms with E-state index in [1.165, 1.54) is 0 Å². The second kappa shape index (κ2) is 3.87. The minimum Gasteiger partial charge on any atom is -0.349 e. The lowest BCUT2D eigenvalue weighted by molar-refractivity contribution is 0.0949. The fourth-order valence-electron chi connectivity index (χ4n) is 0.812. The van der Waals surface area contributed by atoms with Gasteiger partial charge in [0.1, 0.15) is 5.69 Å². The summed E-state index contributed by atoms with van der Waals surface area (Å²) in [6, 6.07) is 1.66. The van der Waals surface area contributed by atoms with Crippen molar-refractivity contribution in [1.82, 2.24) is 15.1 Å². The summed E-state index contributed by atoms with van der Waals surface area (Å²) in [5.74, 6) is -0.180. The van der Waals surface area contributed by atoms with E-state index in [4.69, 9.17) is 5.73 Å². The molecule has 0 aromatic carbocycles. The maximum absolute atomic E-state index is 11.2. The zero-order valence-corrected chi connectivity index (χ0v) is 6.95. The molecule has 0 saturated carbocycles. The smallest absolute Gasteiger partial charge is 0.271 e. The van der Waals surface area contributed by atoms with E-state index in [1.807, 2.05) is 0 Å². The summed E-state index contributed by atoms with van der Waals surface area (Å²) < 4.78 is 1.58. The molecule has 1 aromatic heterocycles. The van der Waals surface area contributed by atoms with Crippen molar-refractivity contribution in [3.8, 4) is 0 Å². The van der Waals surface area contributed by atoms with Gasteiger partial charge in [-0.25, -0.2) is 0 Å². The highest BCUT2D eigenvalue weighted by atomic mass is 16.1. The van der Waals surface area contributed by atoms with Crippen LogP contribution in [0.5, 0.6) is 0 Å². The van der Waals surface area contributed by atoms with Gasteiger partial charge in [0.25, 0.3) is 5.91 Å². The molecule has 0 aliphatic carbocycles. The molecular weight excluding hydrogens is 156 g/mol. The first-order chi connectivity index (χ1) is 5.74. The summed E-state index contributed by atoms with van der Waals surface area (Å²) in [6.45, 7) is 0.925. The zero-order chi connectivity index (χ0) is 8.97. The minimum absolute atomic E-state index is 0.180. The van der Waals surface area contributed by atoms with Crippen LogP contribution in [0.2, 0.25) is 0 Å². The van der Waals surface area contributed by atoms with Gasteiger partial charge in [-0.2, -0.15) is 5.10 Å². The number of carbonyl (C=O) groups excluding carboxylic acids is 1. The van der Waals surface area contributed by atoms with E-state index >= 15 is 0 Å². The maximum Gasteiger partial charge on any atom is 0.271 e. The molecule has 0 radical (unpaired) electrons. The first kappa shape index (κ1) is 8.73. The number of aromatic nitrogens is 2. The third-order valence-electron chi connectivity index (χ3n) is 1.38. The highest BCUT2D eigenvalue weighted by Crippen LogP contribution is 1.92. The number of hydrogen-bond donors (Lipinski definition) is 2. The summed E-state index contributed by atoms with van der Waals surface area (Å²) in [5, 5.41) is 6.55. The Balaban J connectivity index is 2.53. The molecule has 1 rings (SSSR count). The summed E-state index contributed by atoms with van der Waals surface area (Å²) in [7, 11) is 1.76. The third-order valence-corrected chi connectivity index (χ3v) is 1.38. The summed E-state index contributed by atoms with van der Waals surface area (Å²) in [5.41, 5.74) is 5.64. The van der Waals surface area contributed by atoms with Crippen molar-refractivity contribution in [2.75, 3.05) is 13.1 Å². The fraction of sp³-hybridized carbons (Fsp3) is 0.429. The van der Waals surface area contributed by atoms with Crippen LogP contribution in [-0.4, -0.2) is 28.8 Å². The lowest BCUT2D eigenvalue weighted by Gasteiger charge is -1.98. The molecule has 0 aliphatic heterocycles. The molecule has 0 saturated heterocycles. The molecule has 0 bridgehead atoms. The lowest BCUT2D eigenvalue weighted by Crippen LogP contribution is -2.29. The standard InChI is InChI=1S/C7H12N4O/c1-11-5-2-6(10-11)7(12)9-4-3-8/h2,5H,3-4,8H2,1H3,(H,9,12). The number of aryl methyl sites for hydroxylation is 1. The lowest BCUT2D eigenvalue weighted by atomic mass is 10.4. The molecule has 0 spiro atoms. The molecule has 0 fully saturated rings. The molecule has 1 aromatic rings. The maximum atomic E-state index is 11.2. The quantitative estimate of drug-likeness (QED) is 0.615. The fourth-order valence-corrected chi connectivity index (χ4v) is 0.812. The van der Waals surface area contributed by atoms with Crippen LogP contribution in [0.1, 0.15) is 10.5 Å². The Hall–Kier alpha value is -1.36. The van der Waals surface area contributed by atoms with Gasteiger partial charge in [-0.1, -0.05) is 0 Å². The second-order valence-corrected chi connectivity index (χ2v) is 2.42. The van der Waals surface area contributed by atoms with E-state index in [9.17, 15) is 4.79 Å². The number of amides is 1. The Bertz CT molecular complexity index is 268. The van der Waals surface area contributed by atoms with Gasteiger partial charge in [0.05, 0.1) is 0 Å². The van der Waals surface area contributed by atoms with Crippen molar-refractivity contribution in [3.05, 3.63) is 18.0 Å². The molecule has 5 nitrogen and oxygen atoms in total. The van der Waals surface area contributed by atoms with E-state index < -0.39 is 0 Å². The Kier molecular flexibility index (Phi) is 2.82. The number of nitrogens with one attached hydrogen (secondary N) is 1. The molecular formula is C7H12N4O. The molecule has 1 heterocycles. The number of nitrogens with two attached hydrogens (primary N) is 1. The number of hydrogen-bond acceptors (Lipinski definition) is 3. The van der Waals surface area contributed by atoms with Crippen molar-refractivity contribution in [2.45, 2.75) is 0 Å². The normalized spacial score (nSPS) is 9.83. The number of nitrogens with zero attached hydrogens (tertiary/aromatic N) is 2. The van der Waals surface area contributed by atoms with E-state index in [-0.39, 0.29) is 5.91 Å². The summed E-state index contributed by atoms with van der Waals surface area (Å²) in [6.07, 6.45) is 1.72. The summed E-state index contributed by atoms with van der Waals surface area (Å²) >= 11 is 0. The molecule has 0 atom stereocenters. The van der Waals surface area contributed by atoms with Crippen LogP contribution in [0.25, 0.3) is 0 Å². The first-order valence-corrected chi connectivity index (χ1v) is 3.72. The molecule has 0 aliphatic rings. The molecule has 12 heavy (non-hydrogen) atoms. The van der Waals surface area contributed by atoms with Gasteiger partial charge in [0.15, 0.2) is 0 Å². The van der Waals surface area contributed by atoms with Crippen molar-refractivity contribution >= 4 is 5.91 Å². The van der Waals surface area contributed by atoms with Crippen LogP contribution in [-0.2, 0) is 7.05 Å². The van der Waals surface area contributed by atoms with Gasteiger partial charge in [-0.3, -0.25) is 9.48 Å². The van der Waals surface area contributed by atoms with Crippen LogP contribution >= 0.6 is 0 Å². The van der Waals surface area contributed by atoms with E-state index in [0.29, 0.717) is 18.8 Å². The predicted molar refractivity (Wildman–Crippen MR) is 44.6 cm³/mol. The van der Waals surface area contributed by atoms with Gasteiger partial charge in [-0.05, 0) is 6.07 Å². The highest BCUT2D eigenvalue weighted by molar-refractivity contribution is 5.92. The Morgan fingerprint density at radius 2 is 2.58 bits per heavy atom. The third kappa shape index (κ3) is 2.06. The van der Waals surface area contributed by atoms with Crippen molar-refractivity contribution in [2.24, 2.45) is 12.8 Å². The predicted octanol–water partition coefficient (Wildman–Crippen LogP) is -0.891. The second-order valence-electron chi connectivity index (χ2n) is 2.42. The molecule has 66 valence electrons. The van der Waals surface area contributed by atoms with Gasteiger partial charge >= 0.3 is 0 Å². The average Bonchev–Trinajstić information content (AvgIpc) is 2.47. The van der Waals surface area contributed by atoms with E-state index in [1.54, 1.807) is 24.0 Å². The van der Waals surface area contributed by atoms with Crippen molar-refractivity contribution in [1.29, 1.82) is 0 Å². The molecule has 3 N–H and O–H groups in total. The zero-order valence-electron chi connectivity index (χ0n) is 6.95. The van der Waals surface area contributed by atoms with Gasteiger partial charge in [0, 0.05) is 26.3 Å². The van der Waals surface area contributed by atoms with Crippen LogP contribution in [0.15, 0.2) is 12.3 Å². The van der Waals surface area contributed by atoms with Crippen LogP contribution in [0, 0.1) is 0 Å². The number of rotatable bonds is 3. The Morgan fingerprint density at radius 3 is 3.08 bits per heavy atom. The Morgan fingerprint density at radius 1 is 1.83 bits per heavy atom. The van der Waals surface area contributed by atoms with Crippen molar-refractivity contribution < 1.29 is 4.79 Å². The first-order valence-electron chi connectivity index (χ1n) is 3.72. The number of carbonyl (C=O) groups is 1. The van der Waals surface area contributed by atoms with Crippen LogP contribution in [0.4, 0.5) is 0 Å². The average molecular weight is 168 g/mol.